The smallest absolute Gasteiger partial charge is 0.308 e. The van der Waals surface area contributed by atoms with Crippen molar-refractivity contribution < 1.29 is 9.90 Å². The molecule has 0 aliphatic heterocycles. The normalized spacial score (nSPS) is 12.5. The molecule has 5 nitrogen and oxygen atoms in total. The first-order chi connectivity index (χ1) is 14.2. The van der Waals surface area contributed by atoms with Crippen molar-refractivity contribution in [3.05, 3.63) is 33.1 Å². The van der Waals surface area contributed by atoms with Crippen molar-refractivity contribution in [1.82, 2.24) is 9.88 Å². The summed E-state index contributed by atoms with van der Waals surface area (Å²) in [5.41, 5.74) is 1.80. The number of rotatable bonds is 12. The summed E-state index contributed by atoms with van der Waals surface area (Å²) >= 11 is 13.8. The fourth-order valence-electron chi connectivity index (χ4n) is 3.15. The zero-order chi connectivity index (χ0) is 22.3. The third-order valence-corrected chi connectivity index (χ3v) is 6.52. The molecule has 0 aliphatic carbocycles. The van der Waals surface area contributed by atoms with Crippen LogP contribution in [0.3, 0.4) is 0 Å². The average Bonchev–Trinajstić information content (AvgIpc) is 3.04. The van der Waals surface area contributed by atoms with Crippen LogP contribution in [-0.4, -0.2) is 48.1 Å². The van der Waals surface area contributed by atoms with Crippen LogP contribution >= 0.6 is 34.5 Å². The van der Waals surface area contributed by atoms with E-state index in [0.717, 1.165) is 47.1 Å². The molecular weight excluding hydrogens is 441 g/mol. The predicted octanol–water partition coefficient (Wildman–Crippen LogP) is 6.16. The molecule has 166 valence electrons. The van der Waals surface area contributed by atoms with Gasteiger partial charge in [0.15, 0.2) is 5.13 Å². The van der Waals surface area contributed by atoms with Gasteiger partial charge < -0.3 is 15.3 Å². The largest absolute Gasteiger partial charge is 0.481 e. The number of aromatic nitrogens is 1. The number of carbonyl (C=O) groups is 1. The molecule has 0 fully saturated rings. The summed E-state index contributed by atoms with van der Waals surface area (Å²) in [6.07, 6.45) is 3.43. The number of nitrogens with one attached hydrogen (secondary N) is 1. The van der Waals surface area contributed by atoms with Crippen molar-refractivity contribution in [1.29, 1.82) is 0 Å². The van der Waals surface area contributed by atoms with Crippen LogP contribution in [0.25, 0.3) is 11.3 Å². The third kappa shape index (κ3) is 7.73. The number of aliphatic carboxylic acids is 1. The van der Waals surface area contributed by atoms with Crippen LogP contribution in [0.2, 0.25) is 10.0 Å². The number of thiazole rings is 1. The van der Waals surface area contributed by atoms with E-state index in [2.05, 4.69) is 24.1 Å². The molecule has 1 unspecified atom stereocenters. The van der Waals surface area contributed by atoms with Crippen LogP contribution in [0.1, 0.15) is 38.0 Å². The Labute approximate surface area is 193 Å². The number of anilines is 1. The first kappa shape index (κ1) is 24.9. The van der Waals surface area contributed by atoms with E-state index in [9.17, 15) is 9.90 Å². The topological polar surface area (TPSA) is 65.5 Å². The summed E-state index contributed by atoms with van der Waals surface area (Å²) in [7, 11) is 4.05. The predicted molar refractivity (Wildman–Crippen MR) is 128 cm³/mol. The van der Waals surface area contributed by atoms with E-state index in [0.29, 0.717) is 28.9 Å². The maximum atomic E-state index is 11.7. The molecule has 1 aromatic heterocycles. The lowest BCUT2D eigenvalue weighted by Crippen LogP contribution is -2.23. The Hall–Kier alpha value is -1.34. The molecule has 0 radical (unpaired) electrons. The van der Waals surface area contributed by atoms with Crippen LogP contribution in [0, 0.1) is 11.8 Å². The minimum absolute atomic E-state index is 0.368. The quantitative estimate of drug-likeness (QED) is 0.362. The van der Waals surface area contributed by atoms with Gasteiger partial charge in [0, 0.05) is 17.0 Å². The molecule has 2 rings (SSSR count). The van der Waals surface area contributed by atoms with Gasteiger partial charge >= 0.3 is 5.97 Å². The Balaban J connectivity index is 2.11. The number of nitrogens with zero attached hydrogens (tertiary/aromatic N) is 2. The molecule has 0 spiro atoms. The second kappa shape index (κ2) is 11.9. The Bertz CT molecular complexity index is 840. The highest BCUT2D eigenvalue weighted by Gasteiger charge is 2.20. The van der Waals surface area contributed by atoms with Crippen LogP contribution in [-0.2, 0) is 11.2 Å². The van der Waals surface area contributed by atoms with Gasteiger partial charge in [0.2, 0.25) is 0 Å². The fraction of sp³-hybridized carbons (Fsp3) is 0.545. The molecule has 1 heterocycles. The molecule has 0 saturated heterocycles. The summed E-state index contributed by atoms with van der Waals surface area (Å²) in [6.45, 7) is 5.67. The van der Waals surface area contributed by atoms with Gasteiger partial charge in [-0.3, -0.25) is 4.79 Å². The highest BCUT2D eigenvalue weighted by atomic mass is 35.5. The minimum Gasteiger partial charge on any atom is -0.481 e. The van der Waals surface area contributed by atoms with Crippen molar-refractivity contribution in [3.63, 3.8) is 0 Å². The van der Waals surface area contributed by atoms with Crippen LogP contribution in [0.4, 0.5) is 5.13 Å². The number of hydrogen-bond donors (Lipinski definition) is 2. The van der Waals surface area contributed by atoms with Gasteiger partial charge in [-0.25, -0.2) is 4.98 Å². The number of halogens is 2. The van der Waals surface area contributed by atoms with Crippen LogP contribution < -0.4 is 5.32 Å². The van der Waals surface area contributed by atoms with Gasteiger partial charge in [-0.05, 0) is 58.0 Å². The minimum atomic E-state index is -0.768. The van der Waals surface area contributed by atoms with Crippen molar-refractivity contribution >= 4 is 45.6 Å². The standard InChI is InChI=1S/C22H31Cl2N3O2S/c1-14(2)11-19-20(15-8-9-17(23)18(24)12-15)26-22(30-19)25-13-16(21(28)29)7-5-6-10-27(3)4/h8-9,12,14,16H,5-7,10-11,13H2,1-4H3,(H,25,26)(H,28,29). The van der Waals surface area contributed by atoms with Gasteiger partial charge in [0.05, 0.1) is 21.7 Å². The maximum absolute atomic E-state index is 11.7. The van der Waals surface area contributed by atoms with Gasteiger partial charge in [-0.2, -0.15) is 0 Å². The van der Waals surface area contributed by atoms with E-state index in [1.165, 1.54) is 0 Å². The third-order valence-electron chi connectivity index (χ3n) is 4.74. The average molecular weight is 472 g/mol. The summed E-state index contributed by atoms with van der Waals surface area (Å²) in [4.78, 5) is 19.7. The molecule has 30 heavy (non-hydrogen) atoms. The molecule has 8 heteroatoms. The number of unbranched alkanes of at least 4 members (excludes halogenated alkanes) is 1. The summed E-state index contributed by atoms with van der Waals surface area (Å²) in [5, 5.41) is 14.6. The first-order valence-corrected chi connectivity index (χ1v) is 11.8. The molecular formula is C22H31Cl2N3O2S. The second-order valence-electron chi connectivity index (χ2n) is 8.23. The molecule has 2 N–H and O–H groups in total. The van der Waals surface area contributed by atoms with Crippen LogP contribution in [0.5, 0.6) is 0 Å². The van der Waals surface area contributed by atoms with E-state index in [-0.39, 0.29) is 0 Å². The second-order valence-corrected chi connectivity index (χ2v) is 10.1. The molecule has 0 saturated carbocycles. The zero-order valence-corrected chi connectivity index (χ0v) is 20.4. The van der Waals surface area contributed by atoms with Crippen molar-refractivity contribution in [3.8, 4) is 11.3 Å². The molecule has 0 aliphatic rings. The van der Waals surface area contributed by atoms with E-state index < -0.39 is 11.9 Å². The fourth-order valence-corrected chi connectivity index (χ4v) is 4.65. The van der Waals surface area contributed by atoms with E-state index in [1.807, 2.05) is 26.2 Å². The van der Waals surface area contributed by atoms with Gasteiger partial charge in [-0.15, -0.1) is 11.3 Å². The SMILES string of the molecule is CC(C)Cc1sc(NCC(CCCCN(C)C)C(=O)O)nc1-c1ccc(Cl)c(Cl)c1. The van der Waals surface area contributed by atoms with Crippen molar-refractivity contribution in [2.75, 3.05) is 32.5 Å². The summed E-state index contributed by atoms with van der Waals surface area (Å²) in [5.74, 6) is -0.725. The Kier molecular flexibility index (Phi) is 9.88. The van der Waals surface area contributed by atoms with Gasteiger partial charge in [0.25, 0.3) is 0 Å². The lowest BCUT2D eigenvalue weighted by Gasteiger charge is -2.14. The Morgan fingerprint density at radius 3 is 2.57 bits per heavy atom. The van der Waals surface area contributed by atoms with Crippen molar-refractivity contribution in [2.45, 2.75) is 39.5 Å². The Morgan fingerprint density at radius 1 is 1.23 bits per heavy atom. The molecule has 2 aromatic rings. The highest BCUT2D eigenvalue weighted by Crippen LogP contribution is 2.35. The number of benzene rings is 1. The molecule has 0 amide bonds. The summed E-state index contributed by atoms with van der Waals surface area (Å²) in [6, 6.07) is 5.53. The Morgan fingerprint density at radius 2 is 1.97 bits per heavy atom. The van der Waals surface area contributed by atoms with E-state index in [1.54, 1.807) is 17.4 Å². The highest BCUT2D eigenvalue weighted by molar-refractivity contribution is 7.16. The zero-order valence-electron chi connectivity index (χ0n) is 18.0. The lowest BCUT2D eigenvalue weighted by molar-refractivity contribution is -0.141. The number of carboxylic acid groups (broad SMARTS) is 1. The van der Waals surface area contributed by atoms with Crippen LogP contribution in [0.15, 0.2) is 18.2 Å². The van der Waals surface area contributed by atoms with Gasteiger partial charge in [0.1, 0.15) is 0 Å². The number of carboxylic acids is 1. The van der Waals surface area contributed by atoms with Crippen molar-refractivity contribution in [2.24, 2.45) is 11.8 Å². The molecule has 0 bridgehead atoms. The summed E-state index contributed by atoms with van der Waals surface area (Å²) < 4.78 is 0. The maximum Gasteiger partial charge on any atom is 0.308 e. The monoisotopic (exact) mass is 471 g/mol. The number of hydrogen-bond acceptors (Lipinski definition) is 5. The lowest BCUT2D eigenvalue weighted by atomic mass is 10.0. The van der Waals surface area contributed by atoms with E-state index >= 15 is 0 Å². The molecule has 1 atom stereocenters. The first-order valence-electron chi connectivity index (χ1n) is 10.2. The van der Waals surface area contributed by atoms with Gasteiger partial charge in [-0.1, -0.05) is 49.5 Å². The van der Waals surface area contributed by atoms with E-state index in [4.69, 9.17) is 28.2 Å². The molecule has 1 aromatic carbocycles.